The number of carbonyl (C=O) groups excluding carboxylic acids is 2. The van der Waals surface area contributed by atoms with Crippen LogP contribution in [0.5, 0.6) is 0 Å². The number of pyridine rings is 1. The van der Waals surface area contributed by atoms with E-state index in [2.05, 4.69) is 10.3 Å². The van der Waals surface area contributed by atoms with Crippen molar-refractivity contribution in [2.75, 3.05) is 5.73 Å². The number of Topliss-reactive ketones (excluding diaryl/α,β-unsaturated/α-hetero) is 1. The second-order valence-electron chi connectivity index (χ2n) is 7.50. The summed E-state index contributed by atoms with van der Waals surface area (Å²) in [6, 6.07) is 2.62. The molecule has 0 radical (unpaired) electrons. The molecule has 2 rings (SSSR count). The van der Waals surface area contributed by atoms with E-state index in [1.165, 1.54) is 12.3 Å². The fraction of sp³-hybridized carbons (Fsp3) is 0.476. The van der Waals surface area contributed by atoms with Crippen LogP contribution in [0.15, 0.2) is 40.9 Å². The van der Waals surface area contributed by atoms with Crippen LogP contribution in [0.4, 0.5) is 10.2 Å². The highest BCUT2D eigenvalue weighted by molar-refractivity contribution is 6.12. The summed E-state index contributed by atoms with van der Waals surface area (Å²) in [6.07, 6.45) is 2.68. The first-order valence-electron chi connectivity index (χ1n) is 9.55. The van der Waals surface area contributed by atoms with Crippen molar-refractivity contribution in [3.05, 3.63) is 46.4 Å². The molecule has 5 N–H and O–H groups in total. The van der Waals surface area contributed by atoms with Gasteiger partial charge in [-0.1, -0.05) is 19.4 Å². The molecule has 1 aromatic rings. The van der Waals surface area contributed by atoms with Gasteiger partial charge in [0.15, 0.2) is 5.78 Å². The summed E-state index contributed by atoms with van der Waals surface area (Å²) in [5, 5.41) is 3.28. The third kappa shape index (κ3) is 4.84. The van der Waals surface area contributed by atoms with Crippen LogP contribution < -0.4 is 16.8 Å². The molecule has 0 spiro atoms. The van der Waals surface area contributed by atoms with E-state index in [0.29, 0.717) is 29.8 Å². The summed E-state index contributed by atoms with van der Waals surface area (Å²) < 4.78 is 15.5. The second kappa shape index (κ2) is 9.10. The minimum atomic E-state index is -0.483. The van der Waals surface area contributed by atoms with E-state index in [1.807, 2.05) is 20.8 Å². The van der Waals surface area contributed by atoms with Crippen molar-refractivity contribution < 1.29 is 14.0 Å². The highest BCUT2D eigenvalue weighted by Gasteiger charge is 2.33. The van der Waals surface area contributed by atoms with E-state index >= 15 is 4.39 Å². The maximum absolute atomic E-state index is 15.5. The van der Waals surface area contributed by atoms with Gasteiger partial charge in [-0.25, -0.2) is 9.37 Å². The largest absolute Gasteiger partial charge is 0.384 e. The van der Waals surface area contributed by atoms with Crippen molar-refractivity contribution in [3.63, 3.8) is 0 Å². The highest BCUT2D eigenvalue weighted by Crippen LogP contribution is 2.38. The predicted molar refractivity (Wildman–Crippen MR) is 108 cm³/mol. The van der Waals surface area contributed by atoms with Gasteiger partial charge in [-0.2, -0.15) is 0 Å². The van der Waals surface area contributed by atoms with Crippen molar-refractivity contribution in [2.24, 2.45) is 11.7 Å². The molecular weight excluding hydrogens is 359 g/mol. The van der Waals surface area contributed by atoms with Crippen LogP contribution in [-0.4, -0.2) is 28.8 Å². The third-order valence-electron chi connectivity index (χ3n) is 5.26. The number of hydrogen-bond donors (Lipinski definition) is 3. The van der Waals surface area contributed by atoms with Crippen LogP contribution in [0.3, 0.4) is 0 Å². The first-order valence-corrected chi connectivity index (χ1v) is 9.55. The minimum Gasteiger partial charge on any atom is -0.384 e. The Morgan fingerprint density at radius 2 is 2.07 bits per heavy atom. The molecule has 1 unspecified atom stereocenters. The molecule has 0 bridgehead atoms. The van der Waals surface area contributed by atoms with Crippen molar-refractivity contribution in [3.8, 4) is 0 Å². The van der Waals surface area contributed by atoms with Gasteiger partial charge >= 0.3 is 0 Å². The molecule has 1 amide bonds. The van der Waals surface area contributed by atoms with E-state index in [-0.39, 0.29) is 30.0 Å². The average Bonchev–Trinajstić information content (AvgIpc) is 2.63. The number of primary amides is 1. The number of aromatic nitrogens is 1. The molecule has 1 heterocycles. The summed E-state index contributed by atoms with van der Waals surface area (Å²) in [6.45, 7) is 7.56. The van der Waals surface area contributed by atoms with Gasteiger partial charge in [-0.3, -0.25) is 9.59 Å². The number of amides is 1. The van der Waals surface area contributed by atoms with Crippen LogP contribution in [0.25, 0.3) is 0 Å². The minimum absolute atomic E-state index is 0.0255. The fourth-order valence-corrected chi connectivity index (χ4v) is 3.58. The molecule has 1 aromatic heterocycles. The molecule has 0 saturated heterocycles. The summed E-state index contributed by atoms with van der Waals surface area (Å²) in [4.78, 5) is 28.1. The number of rotatable bonds is 8. The average molecular weight is 388 g/mol. The Balaban J connectivity index is 2.40. The highest BCUT2D eigenvalue weighted by atomic mass is 19.1. The first-order chi connectivity index (χ1) is 13.1. The maximum Gasteiger partial charge on any atom is 0.218 e. The molecule has 0 fully saturated rings. The topological polar surface area (TPSA) is 111 Å². The third-order valence-corrected chi connectivity index (χ3v) is 5.26. The lowest BCUT2D eigenvalue weighted by Crippen LogP contribution is -2.41. The molecule has 1 aliphatic carbocycles. The van der Waals surface area contributed by atoms with Crippen molar-refractivity contribution in [1.29, 1.82) is 0 Å². The summed E-state index contributed by atoms with van der Waals surface area (Å²) >= 11 is 0. The maximum atomic E-state index is 15.5. The molecule has 28 heavy (non-hydrogen) atoms. The first kappa shape index (κ1) is 21.8. The van der Waals surface area contributed by atoms with Crippen LogP contribution in [0, 0.1) is 5.92 Å². The number of anilines is 1. The van der Waals surface area contributed by atoms with E-state index in [1.54, 1.807) is 13.0 Å². The van der Waals surface area contributed by atoms with Gasteiger partial charge < -0.3 is 16.8 Å². The molecule has 7 heteroatoms. The number of allylic oxidation sites excluding steroid dienone is 3. The van der Waals surface area contributed by atoms with Gasteiger partial charge in [-0.15, -0.1) is 0 Å². The molecule has 152 valence electrons. The molecule has 0 aromatic carbocycles. The normalized spacial score (nSPS) is 19.5. The van der Waals surface area contributed by atoms with E-state index in [9.17, 15) is 9.59 Å². The van der Waals surface area contributed by atoms with E-state index in [4.69, 9.17) is 11.5 Å². The lowest BCUT2D eigenvalue weighted by Gasteiger charge is -2.31. The molecule has 0 saturated carbocycles. The number of ketones is 1. The molecule has 1 aliphatic rings. The number of nitrogens with one attached hydrogen (secondary N) is 1. The lowest BCUT2D eigenvalue weighted by atomic mass is 9.79. The number of carbonyl (C=O) groups is 2. The van der Waals surface area contributed by atoms with Gasteiger partial charge in [-0.05, 0) is 50.3 Å². The molecule has 6 nitrogen and oxygen atoms in total. The standard InChI is InChI=1S/C21H29FN4O2/c1-5-16(26-12(3)9-18(24)27)15-8-11(2)13(4)19(20(15)22)21(28)14-6-7-17(23)25-10-14/h6-7,10-12,16,26H,5,8-9H2,1-4H3,(H2,23,25)(H2,24,27)/t11?,12-,16+/m0/s1. The zero-order chi connectivity index (χ0) is 21.0. The van der Waals surface area contributed by atoms with Gasteiger partial charge in [0.1, 0.15) is 11.6 Å². The Bertz CT molecular complexity index is 814. The Kier molecular flexibility index (Phi) is 7.07. The second-order valence-corrected chi connectivity index (χ2v) is 7.50. The summed E-state index contributed by atoms with van der Waals surface area (Å²) in [5.41, 5.74) is 12.5. The van der Waals surface area contributed by atoms with E-state index < -0.39 is 17.5 Å². The zero-order valence-electron chi connectivity index (χ0n) is 16.9. The van der Waals surface area contributed by atoms with E-state index in [0.717, 1.165) is 5.57 Å². The van der Waals surface area contributed by atoms with Gasteiger partial charge in [0, 0.05) is 30.3 Å². The summed E-state index contributed by atoms with van der Waals surface area (Å²) in [5.74, 6) is -0.967. The number of halogens is 1. The molecule has 3 atom stereocenters. The SMILES string of the molecule is CC[C@@H](N[C@@H](C)CC(N)=O)C1=C(F)C(C(=O)c2ccc(N)nc2)=C(C)C(C)C1. The molecular formula is C21H29FN4O2. The lowest BCUT2D eigenvalue weighted by molar-refractivity contribution is -0.118. The van der Waals surface area contributed by atoms with Crippen molar-refractivity contribution >= 4 is 17.5 Å². The smallest absolute Gasteiger partial charge is 0.218 e. The van der Waals surface area contributed by atoms with Gasteiger partial charge in [0.25, 0.3) is 0 Å². The quantitative estimate of drug-likeness (QED) is 0.593. The van der Waals surface area contributed by atoms with Crippen LogP contribution in [-0.2, 0) is 4.79 Å². The fourth-order valence-electron chi connectivity index (χ4n) is 3.58. The number of nitrogens with two attached hydrogens (primary N) is 2. The van der Waals surface area contributed by atoms with Crippen LogP contribution in [0.1, 0.15) is 57.3 Å². The Morgan fingerprint density at radius 1 is 1.39 bits per heavy atom. The van der Waals surface area contributed by atoms with Gasteiger partial charge in [0.05, 0.1) is 5.57 Å². The number of nitrogen functional groups attached to an aromatic ring is 1. The van der Waals surface area contributed by atoms with Crippen LogP contribution in [0.2, 0.25) is 0 Å². The van der Waals surface area contributed by atoms with Crippen molar-refractivity contribution in [1.82, 2.24) is 10.3 Å². The number of hydrogen-bond acceptors (Lipinski definition) is 5. The Labute approximate surface area is 165 Å². The van der Waals surface area contributed by atoms with Crippen LogP contribution >= 0.6 is 0 Å². The monoisotopic (exact) mass is 388 g/mol. The predicted octanol–water partition coefficient (Wildman–Crippen LogP) is 3.06. The zero-order valence-corrected chi connectivity index (χ0v) is 16.9. The van der Waals surface area contributed by atoms with Crippen molar-refractivity contribution in [2.45, 2.75) is 59.0 Å². The number of nitrogens with zero attached hydrogens (tertiary/aromatic N) is 1. The van der Waals surface area contributed by atoms with Gasteiger partial charge in [0.2, 0.25) is 5.91 Å². The Hall–Kier alpha value is -2.54. The Morgan fingerprint density at radius 3 is 2.61 bits per heavy atom. The summed E-state index contributed by atoms with van der Waals surface area (Å²) in [7, 11) is 0. The molecule has 0 aliphatic heterocycles.